The molecular formula is C21H34N4O2. The molecule has 0 spiro atoms. The van der Waals surface area contributed by atoms with Crippen molar-refractivity contribution in [3.8, 4) is 5.75 Å². The van der Waals surface area contributed by atoms with Gasteiger partial charge < -0.3 is 20.3 Å². The van der Waals surface area contributed by atoms with Crippen LogP contribution in [0.5, 0.6) is 5.75 Å². The molecule has 0 saturated carbocycles. The Bertz CT molecular complexity index is 613. The molecule has 0 bridgehead atoms. The van der Waals surface area contributed by atoms with Gasteiger partial charge in [-0.15, -0.1) is 0 Å². The maximum absolute atomic E-state index is 11.8. The van der Waals surface area contributed by atoms with E-state index in [0.29, 0.717) is 25.5 Å². The SMILES string of the molecule is CCNC(=NCCOc1ccc(C(C)C)cc1)NC1CCN(C(=O)CC)C1. The lowest BCUT2D eigenvalue weighted by molar-refractivity contribution is -0.129. The lowest BCUT2D eigenvalue weighted by Crippen LogP contribution is -2.45. The van der Waals surface area contributed by atoms with Crippen molar-refractivity contribution in [3.63, 3.8) is 0 Å². The van der Waals surface area contributed by atoms with Crippen molar-refractivity contribution in [2.75, 3.05) is 32.8 Å². The number of benzene rings is 1. The minimum Gasteiger partial charge on any atom is -0.492 e. The number of carbonyl (C=O) groups excluding carboxylic acids is 1. The second kappa shape index (κ2) is 10.8. The van der Waals surface area contributed by atoms with Crippen LogP contribution < -0.4 is 15.4 Å². The lowest BCUT2D eigenvalue weighted by Gasteiger charge is -2.18. The number of amides is 1. The predicted octanol–water partition coefficient (Wildman–Crippen LogP) is 2.75. The fourth-order valence-corrected chi connectivity index (χ4v) is 3.11. The third-order valence-corrected chi connectivity index (χ3v) is 4.71. The summed E-state index contributed by atoms with van der Waals surface area (Å²) in [5, 5.41) is 6.70. The summed E-state index contributed by atoms with van der Waals surface area (Å²) < 4.78 is 5.79. The van der Waals surface area contributed by atoms with Crippen LogP contribution in [-0.4, -0.2) is 55.6 Å². The highest BCUT2D eigenvalue weighted by Crippen LogP contribution is 2.18. The molecule has 1 unspecified atom stereocenters. The van der Waals surface area contributed by atoms with Crippen LogP contribution >= 0.6 is 0 Å². The molecule has 6 heteroatoms. The van der Waals surface area contributed by atoms with E-state index in [2.05, 4.69) is 41.6 Å². The van der Waals surface area contributed by atoms with E-state index in [1.165, 1.54) is 5.56 Å². The van der Waals surface area contributed by atoms with Crippen molar-refractivity contribution < 1.29 is 9.53 Å². The average Bonchev–Trinajstić information content (AvgIpc) is 3.13. The first-order valence-corrected chi connectivity index (χ1v) is 10.1. The Balaban J connectivity index is 1.78. The minimum atomic E-state index is 0.220. The molecule has 1 atom stereocenters. The Hall–Kier alpha value is -2.24. The van der Waals surface area contributed by atoms with E-state index < -0.39 is 0 Å². The summed E-state index contributed by atoms with van der Waals surface area (Å²) in [5.41, 5.74) is 1.31. The van der Waals surface area contributed by atoms with E-state index >= 15 is 0 Å². The largest absolute Gasteiger partial charge is 0.492 e. The third-order valence-electron chi connectivity index (χ3n) is 4.71. The van der Waals surface area contributed by atoms with Crippen molar-refractivity contribution >= 4 is 11.9 Å². The number of hydrogen-bond acceptors (Lipinski definition) is 3. The molecule has 0 aliphatic carbocycles. The molecule has 1 saturated heterocycles. The van der Waals surface area contributed by atoms with Crippen LogP contribution in [0.1, 0.15) is 52.0 Å². The first-order valence-electron chi connectivity index (χ1n) is 10.1. The molecule has 1 amide bonds. The topological polar surface area (TPSA) is 66.0 Å². The Morgan fingerprint density at radius 2 is 2.04 bits per heavy atom. The van der Waals surface area contributed by atoms with Gasteiger partial charge in [-0.25, -0.2) is 4.99 Å². The molecular weight excluding hydrogens is 340 g/mol. The molecule has 0 aromatic heterocycles. The van der Waals surface area contributed by atoms with Gasteiger partial charge in [0.25, 0.3) is 0 Å². The Labute approximate surface area is 163 Å². The van der Waals surface area contributed by atoms with Crippen LogP contribution in [0.4, 0.5) is 0 Å². The molecule has 150 valence electrons. The van der Waals surface area contributed by atoms with Gasteiger partial charge in [-0.2, -0.15) is 0 Å². The van der Waals surface area contributed by atoms with Crippen molar-refractivity contribution in [3.05, 3.63) is 29.8 Å². The number of rotatable bonds is 8. The second-order valence-corrected chi connectivity index (χ2v) is 7.16. The van der Waals surface area contributed by atoms with Gasteiger partial charge in [-0.05, 0) is 37.0 Å². The molecule has 1 aliphatic rings. The number of nitrogens with one attached hydrogen (secondary N) is 2. The molecule has 1 fully saturated rings. The van der Waals surface area contributed by atoms with Crippen LogP contribution in [0.3, 0.4) is 0 Å². The Morgan fingerprint density at radius 1 is 1.30 bits per heavy atom. The third kappa shape index (κ3) is 6.77. The van der Waals surface area contributed by atoms with E-state index in [1.54, 1.807) is 0 Å². The maximum Gasteiger partial charge on any atom is 0.222 e. The number of carbonyl (C=O) groups is 1. The molecule has 0 radical (unpaired) electrons. The number of likely N-dealkylation sites (tertiary alicyclic amines) is 1. The van der Waals surface area contributed by atoms with Crippen LogP contribution in [0.2, 0.25) is 0 Å². The van der Waals surface area contributed by atoms with E-state index in [0.717, 1.165) is 37.8 Å². The maximum atomic E-state index is 11.8. The summed E-state index contributed by atoms with van der Waals surface area (Å²) in [5.74, 6) is 2.40. The zero-order valence-electron chi connectivity index (χ0n) is 17.1. The Kier molecular flexibility index (Phi) is 8.43. The fourth-order valence-electron chi connectivity index (χ4n) is 3.11. The van der Waals surface area contributed by atoms with Crippen LogP contribution in [0.15, 0.2) is 29.3 Å². The zero-order valence-corrected chi connectivity index (χ0v) is 17.1. The van der Waals surface area contributed by atoms with Crippen molar-refractivity contribution in [2.24, 2.45) is 4.99 Å². The van der Waals surface area contributed by atoms with E-state index in [-0.39, 0.29) is 11.9 Å². The fraction of sp³-hybridized carbons (Fsp3) is 0.619. The van der Waals surface area contributed by atoms with Gasteiger partial charge in [0, 0.05) is 32.1 Å². The summed E-state index contributed by atoms with van der Waals surface area (Å²) in [7, 11) is 0. The van der Waals surface area contributed by atoms with Crippen LogP contribution in [-0.2, 0) is 4.79 Å². The smallest absolute Gasteiger partial charge is 0.222 e. The summed E-state index contributed by atoms with van der Waals surface area (Å²) in [6.07, 6.45) is 1.52. The van der Waals surface area contributed by atoms with Gasteiger partial charge in [-0.1, -0.05) is 32.9 Å². The summed E-state index contributed by atoms with van der Waals surface area (Å²) in [6.45, 7) is 11.8. The summed E-state index contributed by atoms with van der Waals surface area (Å²) >= 11 is 0. The number of ether oxygens (including phenoxy) is 1. The first kappa shape index (κ1) is 21.1. The highest BCUT2D eigenvalue weighted by molar-refractivity contribution is 5.80. The number of aliphatic imine (C=N–C) groups is 1. The average molecular weight is 375 g/mol. The van der Waals surface area contributed by atoms with Crippen molar-refractivity contribution in [2.45, 2.75) is 52.5 Å². The number of nitrogens with zero attached hydrogens (tertiary/aromatic N) is 2. The van der Waals surface area contributed by atoms with Crippen molar-refractivity contribution in [1.29, 1.82) is 0 Å². The molecule has 1 aliphatic heterocycles. The number of hydrogen-bond donors (Lipinski definition) is 2. The van der Waals surface area contributed by atoms with Crippen molar-refractivity contribution in [1.82, 2.24) is 15.5 Å². The van der Waals surface area contributed by atoms with Gasteiger partial charge in [0.15, 0.2) is 5.96 Å². The van der Waals surface area contributed by atoms with Gasteiger partial charge >= 0.3 is 0 Å². The van der Waals surface area contributed by atoms with Crippen LogP contribution in [0.25, 0.3) is 0 Å². The lowest BCUT2D eigenvalue weighted by atomic mass is 10.0. The van der Waals surface area contributed by atoms with Gasteiger partial charge in [0.1, 0.15) is 12.4 Å². The van der Waals surface area contributed by atoms with E-state index in [9.17, 15) is 4.79 Å². The molecule has 27 heavy (non-hydrogen) atoms. The Morgan fingerprint density at radius 3 is 2.67 bits per heavy atom. The standard InChI is InChI=1S/C21H34N4O2/c1-5-20(26)25-13-11-18(15-25)24-21(22-6-2)23-12-14-27-19-9-7-17(8-10-19)16(3)4/h7-10,16,18H,5-6,11-15H2,1-4H3,(H2,22,23,24). The minimum absolute atomic E-state index is 0.220. The zero-order chi connectivity index (χ0) is 19.6. The number of guanidine groups is 1. The highest BCUT2D eigenvalue weighted by Gasteiger charge is 2.25. The molecule has 1 aromatic rings. The summed E-state index contributed by atoms with van der Waals surface area (Å²) in [4.78, 5) is 18.3. The predicted molar refractivity (Wildman–Crippen MR) is 110 cm³/mol. The molecule has 6 nitrogen and oxygen atoms in total. The molecule has 2 rings (SSSR count). The van der Waals surface area contributed by atoms with Crippen LogP contribution in [0, 0.1) is 0 Å². The van der Waals surface area contributed by atoms with E-state index in [4.69, 9.17) is 4.74 Å². The van der Waals surface area contributed by atoms with E-state index in [1.807, 2.05) is 30.9 Å². The quantitative estimate of drug-likeness (QED) is 0.417. The highest BCUT2D eigenvalue weighted by atomic mass is 16.5. The van der Waals surface area contributed by atoms with Gasteiger partial charge in [-0.3, -0.25) is 4.79 Å². The van der Waals surface area contributed by atoms with Gasteiger partial charge in [0.2, 0.25) is 5.91 Å². The molecule has 2 N–H and O–H groups in total. The monoisotopic (exact) mass is 374 g/mol. The first-order chi connectivity index (χ1) is 13.0. The van der Waals surface area contributed by atoms with Gasteiger partial charge in [0.05, 0.1) is 6.54 Å². The molecule has 1 aromatic carbocycles. The summed E-state index contributed by atoms with van der Waals surface area (Å²) in [6, 6.07) is 8.50. The second-order valence-electron chi connectivity index (χ2n) is 7.16. The normalized spacial score (nSPS) is 17.3. The molecule has 1 heterocycles.